The van der Waals surface area contributed by atoms with E-state index in [1.807, 2.05) is 18.7 Å². The molecule has 0 atom stereocenters. The minimum Gasteiger partial charge on any atom is -0.361 e. The van der Waals surface area contributed by atoms with Gasteiger partial charge >= 0.3 is 0 Å². The summed E-state index contributed by atoms with van der Waals surface area (Å²) >= 11 is 0. The normalized spacial score (nSPS) is 11.7. The van der Waals surface area contributed by atoms with Gasteiger partial charge in [-0.15, -0.1) is 0 Å². The molecule has 0 bridgehead atoms. The van der Waals surface area contributed by atoms with Crippen molar-refractivity contribution in [3.8, 4) is 16.8 Å². The Morgan fingerprint density at radius 1 is 0.667 bits per heavy atom. The number of benzene rings is 3. The van der Waals surface area contributed by atoms with Crippen LogP contribution < -0.4 is 0 Å². The lowest BCUT2D eigenvalue weighted by Gasteiger charge is -2.07. The van der Waals surface area contributed by atoms with Crippen molar-refractivity contribution in [2.75, 3.05) is 0 Å². The highest BCUT2D eigenvalue weighted by molar-refractivity contribution is 5.89. The van der Waals surface area contributed by atoms with Gasteiger partial charge in [-0.25, -0.2) is 4.98 Å². The fraction of sp³-hybridized carbons (Fsp3) is 0. The number of aromatic amines is 2. The van der Waals surface area contributed by atoms with Gasteiger partial charge in [0, 0.05) is 34.5 Å². The molecule has 4 nitrogen and oxygen atoms in total. The van der Waals surface area contributed by atoms with Crippen LogP contribution in [0.2, 0.25) is 0 Å². The van der Waals surface area contributed by atoms with Crippen LogP contribution in [0.15, 0.2) is 85.5 Å². The molecule has 0 radical (unpaired) electrons. The van der Waals surface area contributed by atoms with E-state index in [9.17, 15) is 0 Å². The number of aromatic nitrogens is 4. The van der Waals surface area contributed by atoms with Crippen molar-refractivity contribution >= 4 is 32.8 Å². The maximum Gasteiger partial charge on any atom is 0.100 e. The summed E-state index contributed by atoms with van der Waals surface area (Å²) in [5.41, 5.74) is 7.91. The fourth-order valence-corrected chi connectivity index (χ4v) is 3.82. The second-order valence-corrected chi connectivity index (χ2v) is 6.85. The summed E-state index contributed by atoms with van der Waals surface area (Å²) in [6.45, 7) is 0. The van der Waals surface area contributed by atoms with Gasteiger partial charge in [0.2, 0.25) is 0 Å². The van der Waals surface area contributed by atoms with Crippen LogP contribution in [0.4, 0.5) is 0 Å². The molecule has 0 aliphatic rings. The molecule has 0 fully saturated rings. The van der Waals surface area contributed by atoms with Gasteiger partial charge in [0.25, 0.3) is 0 Å². The van der Waals surface area contributed by atoms with Crippen molar-refractivity contribution in [1.29, 1.82) is 0 Å². The number of hydrogen-bond acceptors (Lipinski definition) is 1. The minimum absolute atomic E-state index is 0.996. The number of H-pyrrole nitrogens is 2. The van der Waals surface area contributed by atoms with Crippen molar-refractivity contribution in [2.24, 2.45) is 0 Å². The first kappa shape index (κ1) is 14.4. The van der Waals surface area contributed by atoms with Crippen molar-refractivity contribution in [2.45, 2.75) is 0 Å². The van der Waals surface area contributed by atoms with Crippen molar-refractivity contribution in [1.82, 2.24) is 19.5 Å². The Bertz CT molecular complexity index is 1430. The fourth-order valence-electron chi connectivity index (χ4n) is 3.82. The number of rotatable bonds is 2. The smallest absolute Gasteiger partial charge is 0.100 e. The third kappa shape index (κ3) is 2.20. The van der Waals surface area contributed by atoms with Crippen molar-refractivity contribution in [3.63, 3.8) is 0 Å². The molecule has 0 unspecified atom stereocenters. The van der Waals surface area contributed by atoms with E-state index in [1.54, 1.807) is 0 Å². The highest BCUT2D eigenvalue weighted by Gasteiger charge is 2.08. The molecule has 0 amide bonds. The van der Waals surface area contributed by atoms with Gasteiger partial charge in [-0.1, -0.05) is 12.1 Å². The summed E-state index contributed by atoms with van der Waals surface area (Å²) in [5, 5.41) is 2.42. The molecular weight excluding hydrogens is 332 g/mol. The second kappa shape index (κ2) is 5.35. The predicted molar refractivity (Wildman–Crippen MR) is 110 cm³/mol. The van der Waals surface area contributed by atoms with Gasteiger partial charge in [0.15, 0.2) is 0 Å². The average molecular weight is 348 g/mol. The highest BCUT2D eigenvalue weighted by Crippen LogP contribution is 2.28. The molecule has 0 spiro atoms. The molecule has 3 heterocycles. The maximum atomic E-state index is 4.59. The van der Waals surface area contributed by atoms with E-state index >= 15 is 0 Å². The van der Waals surface area contributed by atoms with Gasteiger partial charge in [-0.3, -0.25) is 4.57 Å². The summed E-state index contributed by atoms with van der Waals surface area (Å²) < 4.78 is 2.15. The zero-order valence-corrected chi connectivity index (χ0v) is 14.5. The van der Waals surface area contributed by atoms with Crippen LogP contribution in [-0.2, 0) is 0 Å². The molecule has 6 rings (SSSR count). The third-order valence-electron chi connectivity index (χ3n) is 5.25. The van der Waals surface area contributed by atoms with Crippen LogP contribution in [0.5, 0.6) is 0 Å². The highest BCUT2D eigenvalue weighted by atomic mass is 15.0. The van der Waals surface area contributed by atoms with Gasteiger partial charge in [0.05, 0.1) is 11.0 Å². The molecule has 6 aromatic rings. The Kier molecular flexibility index (Phi) is 2.85. The van der Waals surface area contributed by atoms with Gasteiger partial charge in [0.1, 0.15) is 6.33 Å². The summed E-state index contributed by atoms with van der Waals surface area (Å²) in [5.74, 6) is 0. The summed E-state index contributed by atoms with van der Waals surface area (Å²) in [7, 11) is 0. The summed E-state index contributed by atoms with van der Waals surface area (Å²) in [6, 6.07) is 23.6. The van der Waals surface area contributed by atoms with E-state index in [4.69, 9.17) is 0 Å². The Morgan fingerprint density at radius 2 is 1.37 bits per heavy atom. The molecule has 0 saturated carbocycles. The molecule has 0 aliphatic carbocycles. The summed E-state index contributed by atoms with van der Waals surface area (Å²) in [6.07, 6.45) is 5.84. The standard InChI is InChI=1S/C23H16N4/c1-4-20-17(7-9-24-20)11-15(1)16-2-5-22-23(13-16)27(14-26-22)19-3-6-21-18(12-19)8-10-25-21/h1-14,24-25H. The number of fused-ring (bicyclic) bond motifs is 3. The van der Waals surface area contributed by atoms with Crippen LogP contribution >= 0.6 is 0 Å². The van der Waals surface area contributed by atoms with E-state index < -0.39 is 0 Å². The molecule has 4 heteroatoms. The molecule has 3 aromatic heterocycles. The van der Waals surface area contributed by atoms with E-state index in [-0.39, 0.29) is 0 Å². The number of nitrogens with zero attached hydrogens (tertiary/aromatic N) is 2. The number of nitrogens with one attached hydrogen (secondary N) is 2. The van der Waals surface area contributed by atoms with Crippen LogP contribution in [-0.4, -0.2) is 19.5 Å². The van der Waals surface area contributed by atoms with Crippen LogP contribution in [0.1, 0.15) is 0 Å². The zero-order chi connectivity index (χ0) is 17.8. The molecule has 0 saturated heterocycles. The first-order valence-electron chi connectivity index (χ1n) is 8.97. The quantitative estimate of drug-likeness (QED) is 0.417. The Morgan fingerprint density at radius 3 is 2.22 bits per heavy atom. The lowest BCUT2D eigenvalue weighted by molar-refractivity contribution is 1.10. The molecule has 2 N–H and O–H groups in total. The van der Waals surface area contributed by atoms with Crippen LogP contribution in [0.3, 0.4) is 0 Å². The first-order chi connectivity index (χ1) is 13.3. The number of imidazole rings is 1. The molecule has 3 aromatic carbocycles. The molecule has 0 aliphatic heterocycles. The topological polar surface area (TPSA) is 49.4 Å². The lowest BCUT2D eigenvalue weighted by Crippen LogP contribution is -1.92. The number of hydrogen-bond donors (Lipinski definition) is 2. The van der Waals surface area contributed by atoms with Crippen molar-refractivity contribution < 1.29 is 0 Å². The van der Waals surface area contributed by atoms with E-state index in [0.29, 0.717) is 0 Å². The summed E-state index contributed by atoms with van der Waals surface area (Å²) in [4.78, 5) is 11.1. The molecule has 128 valence electrons. The van der Waals surface area contributed by atoms with E-state index in [1.165, 1.54) is 21.9 Å². The van der Waals surface area contributed by atoms with Gasteiger partial charge in [-0.05, 0) is 71.1 Å². The maximum absolute atomic E-state index is 4.59. The third-order valence-corrected chi connectivity index (χ3v) is 5.25. The second-order valence-electron chi connectivity index (χ2n) is 6.85. The average Bonchev–Trinajstić information content (AvgIpc) is 3.44. The Hall–Kier alpha value is -3.79. The Balaban J connectivity index is 1.53. The van der Waals surface area contributed by atoms with Gasteiger partial charge in [-0.2, -0.15) is 0 Å². The monoisotopic (exact) mass is 348 g/mol. The SMILES string of the molecule is c1cc2cc(-c3ccc4ncn(-c5ccc6[nH]ccc6c5)c4c3)ccc2[nH]1. The first-order valence-corrected chi connectivity index (χ1v) is 8.97. The lowest BCUT2D eigenvalue weighted by atomic mass is 10.0. The van der Waals surface area contributed by atoms with Gasteiger partial charge < -0.3 is 9.97 Å². The van der Waals surface area contributed by atoms with Crippen molar-refractivity contribution in [3.05, 3.63) is 85.5 Å². The Labute approximate surface area is 155 Å². The minimum atomic E-state index is 0.996. The zero-order valence-electron chi connectivity index (χ0n) is 14.5. The largest absolute Gasteiger partial charge is 0.361 e. The van der Waals surface area contributed by atoms with Crippen LogP contribution in [0.25, 0.3) is 49.7 Å². The van der Waals surface area contributed by atoms with Crippen LogP contribution in [0, 0.1) is 0 Å². The van der Waals surface area contributed by atoms with E-state index in [2.05, 4.69) is 86.2 Å². The predicted octanol–water partition coefficient (Wildman–Crippen LogP) is 5.66. The molecule has 27 heavy (non-hydrogen) atoms. The molecular formula is C23H16N4. The van der Waals surface area contributed by atoms with E-state index in [0.717, 1.165) is 27.8 Å².